The molecule has 14 heavy (non-hydrogen) atoms. The molecule has 0 atom stereocenters. The van der Waals surface area contributed by atoms with Crippen molar-refractivity contribution in [2.24, 2.45) is 0 Å². The number of fused-ring (bicyclic) bond motifs is 1. The molecule has 0 amide bonds. The van der Waals surface area contributed by atoms with Crippen molar-refractivity contribution < 1.29 is 14.5 Å². The van der Waals surface area contributed by atoms with E-state index in [9.17, 15) is 0 Å². The first-order chi connectivity index (χ1) is 6.72. The highest BCUT2D eigenvalue weighted by molar-refractivity contribution is 6.57. The lowest BCUT2D eigenvalue weighted by Gasteiger charge is -1.90. The van der Waals surface area contributed by atoms with Crippen LogP contribution < -0.4 is 5.66 Å². The monoisotopic (exact) mass is 187 g/mol. The van der Waals surface area contributed by atoms with E-state index < -0.39 is 7.12 Å². The largest absolute Gasteiger partial charge is 0.526 e. The highest BCUT2D eigenvalue weighted by atomic mass is 16.4. The minimum atomic E-state index is -1.64. The summed E-state index contributed by atoms with van der Waals surface area (Å²) in [6, 6.07) is 8.53. The Hall–Kier alpha value is -1.77. The smallest absolute Gasteiger partial charge is 0.463 e. The van der Waals surface area contributed by atoms with Crippen LogP contribution in [0.15, 0.2) is 28.7 Å². The number of benzene rings is 1. The van der Waals surface area contributed by atoms with Crippen molar-refractivity contribution in [3.05, 3.63) is 29.8 Å². The Morgan fingerprint density at radius 1 is 1.36 bits per heavy atom. The lowest BCUT2D eigenvalue weighted by molar-refractivity contribution is 0.412. The molecule has 2 rings (SSSR count). The fraction of sp³-hybridized carbons (Fsp3) is 0. The number of nitriles is 1. The average Bonchev–Trinajstić information content (AvgIpc) is 2.60. The molecular formula is C9H6BNO3. The molecule has 1 aromatic carbocycles. The number of hydrogen-bond acceptors (Lipinski definition) is 4. The molecule has 0 fully saturated rings. The Labute approximate surface area is 80.1 Å². The third kappa shape index (κ3) is 1.27. The molecule has 1 aromatic heterocycles. The maximum Gasteiger partial charge on any atom is 0.526 e. The van der Waals surface area contributed by atoms with Crippen LogP contribution in [0.5, 0.6) is 0 Å². The SMILES string of the molecule is N#Cc1cccc2cc(B(O)O)oc12. The summed E-state index contributed by atoms with van der Waals surface area (Å²) >= 11 is 0. The van der Waals surface area contributed by atoms with E-state index >= 15 is 0 Å². The van der Waals surface area contributed by atoms with Gasteiger partial charge in [-0.1, -0.05) is 12.1 Å². The van der Waals surface area contributed by atoms with Crippen LogP contribution in [0, 0.1) is 11.3 Å². The van der Waals surface area contributed by atoms with Crippen LogP contribution in [0.3, 0.4) is 0 Å². The van der Waals surface area contributed by atoms with Gasteiger partial charge in [-0.2, -0.15) is 5.26 Å². The number of para-hydroxylation sites is 1. The quantitative estimate of drug-likeness (QED) is 0.615. The van der Waals surface area contributed by atoms with E-state index in [1.165, 1.54) is 6.07 Å². The summed E-state index contributed by atoms with van der Waals surface area (Å²) < 4.78 is 5.13. The van der Waals surface area contributed by atoms with Crippen LogP contribution in [-0.2, 0) is 0 Å². The second kappa shape index (κ2) is 3.18. The van der Waals surface area contributed by atoms with E-state index in [1.54, 1.807) is 18.2 Å². The molecule has 0 radical (unpaired) electrons. The van der Waals surface area contributed by atoms with Gasteiger partial charge in [-0.25, -0.2) is 0 Å². The van der Waals surface area contributed by atoms with Crippen molar-refractivity contribution in [1.29, 1.82) is 5.26 Å². The molecule has 1 heterocycles. The van der Waals surface area contributed by atoms with Crippen LogP contribution >= 0.6 is 0 Å². The van der Waals surface area contributed by atoms with Gasteiger partial charge in [0.05, 0.1) is 5.56 Å². The number of hydrogen-bond donors (Lipinski definition) is 2. The van der Waals surface area contributed by atoms with Gasteiger partial charge in [0.25, 0.3) is 0 Å². The molecule has 0 saturated heterocycles. The minimum absolute atomic E-state index is 0.0442. The molecule has 2 aromatic rings. The van der Waals surface area contributed by atoms with Crippen molar-refractivity contribution in [1.82, 2.24) is 0 Å². The molecule has 0 saturated carbocycles. The second-order valence-corrected chi connectivity index (χ2v) is 2.86. The molecule has 0 aliphatic heterocycles. The molecular weight excluding hydrogens is 181 g/mol. The maximum atomic E-state index is 8.87. The van der Waals surface area contributed by atoms with Crippen LogP contribution in [0.4, 0.5) is 0 Å². The fourth-order valence-corrected chi connectivity index (χ4v) is 1.30. The van der Waals surface area contributed by atoms with Gasteiger partial charge in [-0.15, -0.1) is 0 Å². The van der Waals surface area contributed by atoms with E-state index in [1.807, 2.05) is 6.07 Å². The van der Waals surface area contributed by atoms with Crippen LogP contribution in [-0.4, -0.2) is 17.2 Å². The lowest BCUT2D eigenvalue weighted by atomic mass is 9.88. The van der Waals surface area contributed by atoms with E-state index in [0.29, 0.717) is 16.5 Å². The summed E-state index contributed by atoms with van der Waals surface area (Å²) in [5.41, 5.74) is 0.815. The Kier molecular flexibility index (Phi) is 2.00. The summed E-state index contributed by atoms with van der Waals surface area (Å²) in [7, 11) is -1.64. The third-order valence-electron chi connectivity index (χ3n) is 1.94. The number of rotatable bonds is 1. The van der Waals surface area contributed by atoms with Gasteiger partial charge in [0.2, 0.25) is 0 Å². The molecule has 0 aliphatic carbocycles. The van der Waals surface area contributed by atoms with Crippen LogP contribution in [0.25, 0.3) is 11.0 Å². The zero-order valence-electron chi connectivity index (χ0n) is 7.14. The average molecular weight is 187 g/mol. The van der Waals surface area contributed by atoms with Gasteiger partial charge < -0.3 is 14.5 Å². The van der Waals surface area contributed by atoms with Gasteiger partial charge in [0, 0.05) is 5.39 Å². The predicted octanol–water partition coefficient (Wildman–Crippen LogP) is -0.0157. The first-order valence-electron chi connectivity index (χ1n) is 4.01. The summed E-state index contributed by atoms with van der Waals surface area (Å²) in [6.07, 6.45) is 0. The zero-order valence-corrected chi connectivity index (χ0v) is 7.14. The van der Waals surface area contributed by atoms with Gasteiger partial charge >= 0.3 is 7.12 Å². The van der Waals surface area contributed by atoms with E-state index in [4.69, 9.17) is 19.7 Å². The molecule has 68 valence electrons. The van der Waals surface area contributed by atoms with Gasteiger partial charge in [-0.05, 0) is 12.1 Å². The molecule has 0 bridgehead atoms. The molecule has 0 unspecified atom stereocenters. The van der Waals surface area contributed by atoms with Crippen molar-refractivity contribution in [3.8, 4) is 6.07 Å². The van der Waals surface area contributed by atoms with Gasteiger partial charge in [0.1, 0.15) is 11.7 Å². The highest BCUT2D eigenvalue weighted by Gasteiger charge is 2.17. The number of furan rings is 1. The first-order valence-corrected chi connectivity index (χ1v) is 4.01. The first kappa shape index (κ1) is 8.82. The molecule has 4 nitrogen and oxygen atoms in total. The Morgan fingerprint density at radius 2 is 2.14 bits per heavy atom. The third-order valence-corrected chi connectivity index (χ3v) is 1.94. The zero-order chi connectivity index (χ0) is 10.1. The Bertz CT molecular complexity index is 512. The fourth-order valence-electron chi connectivity index (χ4n) is 1.30. The van der Waals surface area contributed by atoms with E-state index in [0.717, 1.165) is 0 Å². The Balaban J connectivity index is 2.72. The maximum absolute atomic E-state index is 8.87. The molecule has 5 heteroatoms. The van der Waals surface area contributed by atoms with E-state index in [-0.39, 0.29) is 5.66 Å². The van der Waals surface area contributed by atoms with Crippen molar-refractivity contribution in [3.63, 3.8) is 0 Å². The normalized spacial score (nSPS) is 10.1. The summed E-state index contributed by atoms with van der Waals surface area (Å²) in [6.45, 7) is 0. The summed E-state index contributed by atoms with van der Waals surface area (Å²) in [5.74, 6) is 0. The van der Waals surface area contributed by atoms with Crippen molar-refractivity contribution >= 4 is 23.7 Å². The van der Waals surface area contributed by atoms with Crippen LogP contribution in [0.1, 0.15) is 5.56 Å². The lowest BCUT2D eigenvalue weighted by Crippen LogP contribution is -2.27. The number of nitrogens with zero attached hydrogens (tertiary/aromatic N) is 1. The second-order valence-electron chi connectivity index (χ2n) is 2.86. The van der Waals surface area contributed by atoms with E-state index in [2.05, 4.69) is 0 Å². The standard InChI is InChI=1S/C9H6BNO3/c11-5-7-3-1-2-6-4-8(10(12)13)14-9(6)7/h1-4,12-13H. The van der Waals surface area contributed by atoms with Gasteiger partial charge in [0.15, 0.2) is 5.58 Å². The molecule has 2 N–H and O–H groups in total. The van der Waals surface area contributed by atoms with Crippen molar-refractivity contribution in [2.45, 2.75) is 0 Å². The summed E-state index contributed by atoms with van der Waals surface area (Å²) in [4.78, 5) is 0. The predicted molar refractivity (Wildman–Crippen MR) is 50.8 cm³/mol. The summed E-state index contributed by atoms with van der Waals surface area (Å²) in [5, 5.41) is 27.2. The Morgan fingerprint density at radius 3 is 2.79 bits per heavy atom. The van der Waals surface area contributed by atoms with Crippen molar-refractivity contribution in [2.75, 3.05) is 0 Å². The molecule has 0 spiro atoms. The minimum Gasteiger partial charge on any atom is -0.463 e. The molecule has 0 aliphatic rings. The van der Waals surface area contributed by atoms with Crippen LogP contribution in [0.2, 0.25) is 0 Å². The van der Waals surface area contributed by atoms with Gasteiger partial charge in [-0.3, -0.25) is 0 Å². The highest BCUT2D eigenvalue weighted by Crippen LogP contribution is 2.17. The topological polar surface area (TPSA) is 77.4 Å².